The number of methoxy groups -OCH3 is 3. The van der Waals surface area contributed by atoms with Crippen LogP contribution in [0.4, 0.5) is 0 Å². The summed E-state index contributed by atoms with van der Waals surface area (Å²) in [6, 6.07) is 0. The summed E-state index contributed by atoms with van der Waals surface area (Å²) in [5.41, 5.74) is 0. The third kappa shape index (κ3) is 4.99. The molecule has 0 aromatic carbocycles. The predicted molar refractivity (Wildman–Crippen MR) is 101 cm³/mol. The van der Waals surface area contributed by atoms with E-state index in [1.807, 2.05) is 7.11 Å². The normalized spacial score (nSPS) is 40.3. The molecular formula is C22H40O3. The number of ether oxygens (including phenoxy) is 3. The molecule has 0 aliphatic heterocycles. The number of hydrogen-bond acceptors (Lipinski definition) is 3. The third-order valence-corrected chi connectivity index (χ3v) is 7.87. The van der Waals surface area contributed by atoms with Gasteiger partial charge in [0.05, 0.1) is 6.10 Å². The predicted octanol–water partition coefficient (Wildman–Crippen LogP) is 5.42. The van der Waals surface area contributed by atoms with Crippen molar-refractivity contribution in [3.63, 3.8) is 0 Å². The van der Waals surface area contributed by atoms with Crippen LogP contribution in [0.3, 0.4) is 0 Å². The fraction of sp³-hybridized carbons (Fsp3) is 1.00. The summed E-state index contributed by atoms with van der Waals surface area (Å²) < 4.78 is 16.5. The monoisotopic (exact) mass is 352 g/mol. The van der Waals surface area contributed by atoms with Crippen molar-refractivity contribution in [2.24, 2.45) is 29.6 Å². The topological polar surface area (TPSA) is 27.7 Å². The van der Waals surface area contributed by atoms with Crippen molar-refractivity contribution in [3.8, 4) is 0 Å². The van der Waals surface area contributed by atoms with Gasteiger partial charge in [0.25, 0.3) is 0 Å². The summed E-state index contributed by atoms with van der Waals surface area (Å²) in [7, 11) is 5.44. The fourth-order valence-electron chi connectivity index (χ4n) is 6.25. The van der Waals surface area contributed by atoms with Crippen LogP contribution < -0.4 is 0 Å². The van der Waals surface area contributed by atoms with Crippen LogP contribution in [0.5, 0.6) is 0 Å². The van der Waals surface area contributed by atoms with Gasteiger partial charge in [-0.25, -0.2) is 0 Å². The minimum absolute atomic E-state index is 0.0129. The Morgan fingerprint density at radius 3 is 1.24 bits per heavy atom. The Balaban J connectivity index is 1.38. The largest absolute Gasteiger partial charge is 0.381 e. The molecule has 0 radical (unpaired) electrons. The van der Waals surface area contributed by atoms with E-state index in [2.05, 4.69) is 0 Å². The SMILES string of the molecule is COC1CCC(C2CCC(C3CCC(C(OC)OC)CC3)CC2)CC1. The van der Waals surface area contributed by atoms with Gasteiger partial charge in [-0.1, -0.05) is 0 Å². The van der Waals surface area contributed by atoms with Gasteiger partial charge in [-0.2, -0.15) is 0 Å². The summed E-state index contributed by atoms with van der Waals surface area (Å²) in [5.74, 6) is 4.58. The standard InChI is InChI=1S/C22H40O3/c1-23-21-14-12-19(13-15-21)17-6-4-16(5-7-17)18-8-10-20(11-9-18)22(24-2)25-3/h16-22H,4-15H2,1-3H3. The van der Waals surface area contributed by atoms with E-state index in [9.17, 15) is 0 Å². The van der Waals surface area contributed by atoms with E-state index in [4.69, 9.17) is 14.2 Å². The molecule has 3 aliphatic rings. The molecule has 3 rings (SSSR count). The Morgan fingerprint density at radius 1 is 0.520 bits per heavy atom. The molecule has 0 saturated heterocycles. The maximum Gasteiger partial charge on any atom is 0.159 e. The Morgan fingerprint density at radius 2 is 0.880 bits per heavy atom. The zero-order valence-electron chi connectivity index (χ0n) is 16.8. The smallest absolute Gasteiger partial charge is 0.159 e. The van der Waals surface area contributed by atoms with Gasteiger partial charge in [-0.05, 0) is 101 Å². The molecule has 0 N–H and O–H groups in total. The highest BCUT2D eigenvalue weighted by Gasteiger charge is 2.35. The van der Waals surface area contributed by atoms with E-state index in [0.29, 0.717) is 12.0 Å². The van der Waals surface area contributed by atoms with E-state index >= 15 is 0 Å². The van der Waals surface area contributed by atoms with Crippen LogP contribution in [0.15, 0.2) is 0 Å². The lowest BCUT2D eigenvalue weighted by molar-refractivity contribution is -0.146. The first-order chi connectivity index (χ1) is 12.2. The van der Waals surface area contributed by atoms with Crippen molar-refractivity contribution in [1.29, 1.82) is 0 Å². The Kier molecular flexibility index (Phi) is 7.63. The van der Waals surface area contributed by atoms with E-state index in [1.165, 1.54) is 77.0 Å². The van der Waals surface area contributed by atoms with Crippen LogP contribution in [-0.4, -0.2) is 33.7 Å². The van der Waals surface area contributed by atoms with Gasteiger partial charge in [0.2, 0.25) is 0 Å². The summed E-state index contributed by atoms with van der Waals surface area (Å²) in [6.07, 6.45) is 17.3. The number of hydrogen-bond donors (Lipinski definition) is 0. The van der Waals surface area contributed by atoms with Crippen LogP contribution >= 0.6 is 0 Å². The van der Waals surface area contributed by atoms with Gasteiger partial charge in [-0.3, -0.25) is 0 Å². The summed E-state index contributed by atoms with van der Waals surface area (Å²) in [6.45, 7) is 0. The summed E-state index contributed by atoms with van der Waals surface area (Å²) in [5, 5.41) is 0. The first kappa shape index (κ1) is 19.6. The van der Waals surface area contributed by atoms with E-state index < -0.39 is 0 Å². The van der Waals surface area contributed by atoms with Crippen LogP contribution in [0.25, 0.3) is 0 Å². The molecule has 146 valence electrons. The second-order valence-electron chi connectivity index (χ2n) is 8.96. The molecule has 0 atom stereocenters. The zero-order chi connectivity index (χ0) is 17.6. The average Bonchev–Trinajstić information content (AvgIpc) is 2.70. The lowest BCUT2D eigenvalue weighted by Gasteiger charge is -2.41. The lowest BCUT2D eigenvalue weighted by atomic mass is 9.65. The molecule has 0 spiro atoms. The molecule has 3 saturated carbocycles. The second-order valence-corrected chi connectivity index (χ2v) is 8.96. The van der Waals surface area contributed by atoms with Crippen molar-refractivity contribution in [2.75, 3.05) is 21.3 Å². The molecule has 0 heterocycles. The highest BCUT2D eigenvalue weighted by Crippen LogP contribution is 2.45. The minimum Gasteiger partial charge on any atom is -0.381 e. The van der Waals surface area contributed by atoms with Crippen LogP contribution in [0, 0.1) is 29.6 Å². The van der Waals surface area contributed by atoms with E-state index in [0.717, 1.165) is 23.7 Å². The average molecular weight is 353 g/mol. The maximum absolute atomic E-state index is 5.55. The number of rotatable bonds is 6. The molecular weight excluding hydrogens is 312 g/mol. The van der Waals surface area contributed by atoms with Gasteiger partial charge >= 0.3 is 0 Å². The third-order valence-electron chi connectivity index (χ3n) is 7.87. The van der Waals surface area contributed by atoms with Gasteiger partial charge in [0, 0.05) is 27.2 Å². The second kappa shape index (κ2) is 9.71. The van der Waals surface area contributed by atoms with Crippen molar-refractivity contribution >= 4 is 0 Å². The van der Waals surface area contributed by atoms with Gasteiger partial charge in [0.1, 0.15) is 0 Å². The molecule has 3 fully saturated rings. The Labute approximate surface area is 155 Å². The summed E-state index contributed by atoms with van der Waals surface area (Å²) in [4.78, 5) is 0. The van der Waals surface area contributed by atoms with Gasteiger partial charge < -0.3 is 14.2 Å². The molecule has 3 nitrogen and oxygen atoms in total. The van der Waals surface area contributed by atoms with Gasteiger partial charge in [-0.15, -0.1) is 0 Å². The van der Waals surface area contributed by atoms with Crippen molar-refractivity contribution in [2.45, 2.75) is 89.4 Å². The summed E-state index contributed by atoms with van der Waals surface area (Å²) >= 11 is 0. The first-order valence-electron chi connectivity index (χ1n) is 10.8. The quantitative estimate of drug-likeness (QED) is 0.597. The highest BCUT2D eigenvalue weighted by molar-refractivity contribution is 4.86. The Bertz CT molecular complexity index is 357. The van der Waals surface area contributed by atoms with E-state index in [1.54, 1.807) is 14.2 Å². The molecule has 3 aliphatic carbocycles. The fourth-order valence-corrected chi connectivity index (χ4v) is 6.25. The molecule has 0 bridgehead atoms. The van der Waals surface area contributed by atoms with Crippen LogP contribution in [-0.2, 0) is 14.2 Å². The molecule has 3 heteroatoms. The molecule has 0 aromatic heterocycles. The van der Waals surface area contributed by atoms with Crippen molar-refractivity contribution < 1.29 is 14.2 Å². The van der Waals surface area contributed by atoms with Crippen LogP contribution in [0.2, 0.25) is 0 Å². The Hall–Kier alpha value is -0.120. The molecule has 0 amide bonds. The van der Waals surface area contributed by atoms with E-state index in [-0.39, 0.29) is 6.29 Å². The van der Waals surface area contributed by atoms with Crippen LogP contribution in [0.1, 0.15) is 77.0 Å². The first-order valence-corrected chi connectivity index (χ1v) is 10.8. The van der Waals surface area contributed by atoms with Crippen molar-refractivity contribution in [1.82, 2.24) is 0 Å². The highest BCUT2D eigenvalue weighted by atomic mass is 16.7. The lowest BCUT2D eigenvalue weighted by Crippen LogP contribution is -2.33. The van der Waals surface area contributed by atoms with Crippen molar-refractivity contribution in [3.05, 3.63) is 0 Å². The molecule has 0 aromatic rings. The minimum atomic E-state index is 0.0129. The molecule has 0 unspecified atom stereocenters. The zero-order valence-corrected chi connectivity index (χ0v) is 16.8. The maximum atomic E-state index is 5.55. The molecule has 25 heavy (non-hydrogen) atoms. The van der Waals surface area contributed by atoms with Gasteiger partial charge in [0.15, 0.2) is 6.29 Å².